The van der Waals surface area contributed by atoms with E-state index >= 15 is 0 Å². The molecule has 0 bridgehead atoms. The number of rotatable bonds is 3. The molecule has 0 aliphatic carbocycles. The fourth-order valence-corrected chi connectivity index (χ4v) is 2.60. The van der Waals surface area contributed by atoms with Gasteiger partial charge in [-0.25, -0.2) is 0 Å². The van der Waals surface area contributed by atoms with Crippen molar-refractivity contribution < 1.29 is 4.79 Å². The van der Waals surface area contributed by atoms with Crippen molar-refractivity contribution in [1.82, 2.24) is 0 Å². The summed E-state index contributed by atoms with van der Waals surface area (Å²) in [5.41, 5.74) is 3.32. The Balaban J connectivity index is 2.30. The van der Waals surface area contributed by atoms with Crippen LogP contribution in [0.4, 0.5) is 5.69 Å². The molecule has 0 fully saturated rings. The summed E-state index contributed by atoms with van der Waals surface area (Å²) in [7, 11) is 0. The van der Waals surface area contributed by atoms with Crippen LogP contribution in [0.15, 0.2) is 40.9 Å². The molecule has 1 amide bonds. The van der Waals surface area contributed by atoms with Crippen molar-refractivity contribution in [2.45, 2.75) is 20.3 Å². The predicted molar refractivity (Wildman–Crippen MR) is 87.7 cm³/mol. The largest absolute Gasteiger partial charge is 0.322 e. The van der Waals surface area contributed by atoms with Gasteiger partial charge >= 0.3 is 0 Å². The predicted octanol–water partition coefficient (Wildman–Crippen LogP) is 5.23. The highest BCUT2D eigenvalue weighted by Gasteiger charge is 2.12. The van der Waals surface area contributed by atoms with Crippen LogP contribution in [-0.4, -0.2) is 5.91 Å². The minimum absolute atomic E-state index is 0.137. The van der Waals surface area contributed by atoms with Crippen LogP contribution in [0.1, 0.15) is 28.4 Å². The van der Waals surface area contributed by atoms with E-state index in [2.05, 4.69) is 28.2 Å². The van der Waals surface area contributed by atoms with E-state index in [9.17, 15) is 4.79 Å². The van der Waals surface area contributed by atoms with Gasteiger partial charge in [0.2, 0.25) is 0 Å². The molecule has 20 heavy (non-hydrogen) atoms. The summed E-state index contributed by atoms with van der Waals surface area (Å²) < 4.78 is 1.01. The standard InChI is InChI=1S/C16H15BrClNO/c1-3-11-9-12(17)7-8-15(11)19-16(20)13-5-4-6-14(18)10(13)2/h4-9H,3H2,1-2H3,(H,19,20). The zero-order valence-electron chi connectivity index (χ0n) is 11.3. The molecule has 1 N–H and O–H groups in total. The molecule has 0 radical (unpaired) electrons. The Labute approximate surface area is 132 Å². The highest BCUT2D eigenvalue weighted by atomic mass is 79.9. The molecular formula is C16H15BrClNO. The van der Waals surface area contributed by atoms with Crippen molar-refractivity contribution in [3.63, 3.8) is 0 Å². The van der Waals surface area contributed by atoms with Gasteiger partial charge in [0, 0.05) is 20.7 Å². The summed E-state index contributed by atoms with van der Waals surface area (Å²) in [6.07, 6.45) is 0.851. The van der Waals surface area contributed by atoms with E-state index in [1.807, 2.05) is 25.1 Å². The molecule has 0 atom stereocenters. The quantitative estimate of drug-likeness (QED) is 0.805. The second-order valence-corrected chi connectivity index (χ2v) is 5.84. The Bertz CT molecular complexity index is 655. The van der Waals surface area contributed by atoms with Gasteiger partial charge < -0.3 is 5.32 Å². The maximum atomic E-state index is 12.4. The first-order valence-corrected chi connectivity index (χ1v) is 7.55. The molecule has 0 heterocycles. The fourth-order valence-electron chi connectivity index (χ4n) is 2.02. The highest BCUT2D eigenvalue weighted by Crippen LogP contribution is 2.24. The van der Waals surface area contributed by atoms with Crippen LogP contribution >= 0.6 is 27.5 Å². The summed E-state index contributed by atoms with van der Waals surface area (Å²) >= 11 is 9.49. The zero-order chi connectivity index (χ0) is 14.7. The van der Waals surface area contributed by atoms with Gasteiger partial charge in [-0.05, 0) is 54.8 Å². The van der Waals surface area contributed by atoms with Crippen LogP contribution in [0.2, 0.25) is 5.02 Å². The number of benzene rings is 2. The van der Waals surface area contributed by atoms with Gasteiger partial charge in [0.05, 0.1) is 0 Å². The number of halogens is 2. The fraction of sp³-hybridized carbons (Fsp3) is 0.188. The normalized spacial score (nSPS) is 10.4. The van der Waals surface area contributed by atoms with E-state index in [1.54, 1.807) is 18.2 Å². The van der Waals surface area contributed by atoms with E-state index < -0.39 is 0 Å². The molecular weight excluding hydrogens is 338 g/mol. The summed E-state index contributed by atoms with van der Waals surface area (Å²) in [6.45, 7) is 3.90. The number of carbonyl (C=O) groups is 1. The minimum atomic E-state index is -0.137. The first kappa shape index (κ1) is 15.1. The molecule has 2 rings (SSSR count). The molecule has 2 aromatic rings. The molecule has 0 aliphatic heterocycles. The van der Waals surface area contributed by atoms with E-state index in [0.717, 1.165) is 27.7 Å². The SMILES string of the molecule is CCc1cc(Br)ccc1NC(=O)c1cccc(Cl)c1C. The number of amides is 1. The van der Waals surface area contributed by atoms with Crippen LogP contribution in [0.25, 0.3) is 0 Å². The third-order valence-corrected chi connectivity index (χ3v) is 4.11. The van der Waals surface area contributed by atoms with Gasteiger partial charge in [0.1, 0.15) is 0 Å². The van der Waals surface area contributed by atoms with Crippen molar-refractivity contribution in [2.24, 2.45) is 0 Å². The van der Waals surface area contributed by atoms with E-state index in [-0.39, 0.29) is 5.91 Å². The van der Waals surface area contributed by atoms with Gasteiger partial charge in [-0.15, -0.1) is 0 Å². The Morgan fingerprint density at radius 1 is 1.30 bits per heavy atom. The molecule has 4 heteroatoms. The minimum Gasteiger partial charge on any atom is -0.322 e. The van der Waals surface area contributed by atoms with E-state index in [0.29, 0.717) is 10.6 Å². The van der Waals surface area contributed by atoms with Crippen molar-refractivity contribution in [1.29, 1.82) is 0 Å². The summed E-state index contributed by atoms with van der Waals surface area (Å²) in [6, 6.07) is 11.2. The van der Waals surface area contributed by atoms with Crippen molar-refractivity contribution in [3.8, 4) is 0 Å². The van der Waals surface area contributed by atoms with Crippen molar-refractivity contribution in [2.75, 3.05) is 5.32 Å². The van der Waals surface area contributed by atoms with Gasteiger partial charge in [0.25, 0.3) is 5.91 Å². The maximum Gasteiger partial charge on any atom is 0.255 e. The van der Waals surface area contributed by atoms with Gasteiger partial charge in [-0.2, -0.15) is 0 Å². The highest BCUT2D eigenvalue weighted by molar-refractivity contribution is 9.10. The van der Waals surface area contributed by atoms with Crippen LogP contribution in [-0.2, 0) is 6.42 Å². The molecule has 2 aromatic carbocycles. The average molecular weight is 353 g/mol. The molecule has 0 spiro atoms. The molecule has 0 saturated carbocycles. The lowest BCUT2D eigenvalue weighted by Crippen LogP contribution is -2.14. The lowest BCUT2D eigenvalue weighted by molar-refractivity contribution is 0.102. The van der Waals surface area contributed by atoms with Gasteiger partial charge in [-0.3, -0.25) is 4.79 Å². The molecule has 0 aliphatic rings. The monoisotopic (exact) mass is 351 g/mol. The lowest BCUT2D eigenvalue weighted by Gasteiger charge is -2.12. The summed E-state index contributed by atoms with van der Waals surface area (Å²) in [5, 5.41) is 3.56. The smallest absolute Gasteiger partial charge is 0.255 e. The zero-order valence-corrected chi connectivity index (χ0v) is 13.7. The number of carbonyl (C=O) groups excluding carboxylic acids is 1. The number of hydrogen-bond donors (Lipinski definition) is 1. The summed E-state index contributed by atoms with van der Waals surface area (Å²) in [5.74, 6) is -0.137. The van der Waals surface area contributed by atoms with Gasteiger partial charge in [0.15, 0.2) is 0 Å². The number of nitrogens with one attached hydrogen (secondary N) is 1. The second kappa shape index (κ2) is 6.42. The first-order chi connectivity index (χ1) is 9.52. The third kappa shape index (κ3) is 3.22. The molecule has 2 nitrogen and oxygen atoms in total. The van der Waals surface area contributed by atoms with Crippen LogP contribution in [0, 0.1) is 6.92 Å². The Morgan fingerprint density at radius 3 is 2.75 bits per heavy atom. The van der Waals surface area contributed by atoms with Crippen LogP contribution < -0.4 is 5.32 Å². The van der Waals surface area contributed by atoms with E-state index in [4.69, 9.17) is 11.6 Å². The molecule has 104 valence electrons. The lowest BCUT2D eigenvalue weighted by atomic mass is 10.1. The van der Waals surface area contributed by atoms with Crippen LogP contribution in [0.5, 0.6) is 0 Å². The van der Waals surface area contributed by atoms with Gasteiger partial charge in [-0.1, -0.05) is 40.5 Å². The third-order valence-electron chi connectivity index (χ3n) is 3.21. The van der Waals surface area contributed by atoms with E-state index in [1.165, 1.54) is 0 Å². The Morgan fingerprint density at radius 2 is 2.05 bits per heavy atom. The number of hydrogen-bond acceptors (Lipinski definition) is 1. The van der Waals surface area contributed by atoms with Crippen LogP contribution in [0.3, 0.4) is 0 Å². The number of aryl methyl sites for hydroxylation is 1. The van der Waals surface area contributed by atoms with Crippen molar-refractivity contribution in [3.05, 3.63) is 62.6 Å². The second-order valence-electron chi connectivity index (χ2n) is 4.52. The topological polar surface area (TPSA) is 29.1 Å². The maximum absolute atomic E-state index is 12.4. The molecule has 0 aromatic heterocycles. The molecule has 0 saturated heterocycles. The Kier molecular flexibility index (Phi) is 4.84. The Hall–Kier alpha value is -1.32. The molecule has 0 unspecified atom stereocenters. The average Bonchev–Trinajstić information content (AvgIpc) is 2.43. The first-order valence-electron chi connectivity index (χ1n) is 6.37. The van der Waals surface area contributed by atoms with Crippen molar-refractivity contribution >= 4 is 39.1 Å². The summed E-state index contributed by atoms with van der Waals surface area (Å²) in [4.78, 5) is 12.4. The number of anilines is 1.